The molecule has 5 heteroatoms. The van der Waals surface area contributed by atoms with Crippen molar-refractivity contribution in [1.29, 1.82) is 0 Å². The van der Waals surface area contributed by atoms with Gasteiger partial charge >= 0.3 is 6.03 Å². The highest BCUT2D eigenvalue weighted by molar-refractivity contribution is 7.19. The Balaban J connectivity index is 1.53. The van der Waals surface area contributed by atoms with Gasteiger partial charge in [-0.25, -0.2) is 4.79 Å². The molecule has 21 heavy (non-hydrogen) atoms. The fraction of sp³-hybridized carbons (Fsp3) is 0.312. The molecule has 0 aliphatic heterocycles. The summed E-state index contributed by atoms with van der Waals surface area (Å²) in [6.45, 7) is 0.221. The molecule has 1 aliphatic carbocycles. The minimum absolute atomic E-state index is 0.187. The predicted molar refractivity (Wildman–Crippen MR) is 85.5 cm³/mol. The van der Waals surface area contributed by atoms with Crippen LogP contribution in [0.4, 0.5) is 4.79 Å². The second-order valence-corrected chi connectivity index (χ2v) is 6.31. The van der Waals surface area contributed by atoms with Crippen LogP contribution in [-0.2, 0) is 0 Å². The number of hydrogen-bond acceptors (Lipinski definition) is 3. The van der Waals surface area contributed by atoms with Gasteiger partial charge < -0.3 is 15.7 Å². The van der Waals surface area contributed by atoms with Crippen LogP contribution in [0.5, 0.6) is 0 Å². The Morgan fingerprint density at radius 3 is 2.86 bits per heavy atom. The molecule has 1 aliphatic rings. The van der Waals surface area contributed by atoms with E-state index in [0.717, 1.165) is 27.8 Å². The molecule has 0 saturated carbocycles. The minimum atomic E-state index is -0.671. The van der Waals surface area contributed by atoms with Crippen molar-refractivity contribution in [2.45, 2.75) is 25.0 Å². The molecule has 2 amide bonds. The lowest BCUT2D eigenvalue weighted by Crippen LogP contribution is -2.42. The molecule has 0 fully saturated rings. The van der Waals surface area contributed by atoms with E-state index in [9.17, 15) is 9.90 Å². The van der Waals surface area contributed by atoms with Gasteiger partial charge in [0.2, 0.25) is 0 Å². The highest BCUT2D eigenvalue weighted by Crippen LogP contribution is 2.29. The maximum absolute atomic E-state index is 11.7. The summed E-state index contributed by atoms with van der Waals surface area (Å²) in [6.07, 6.45) is 5.22. The number of hydrogen-bond donors (Lipinski definition) is 3. The zero-order valence-electron chi connectivity index (χ0n) is 11.6. The summed E-state index contributed by atoms with van der Waals surface area (Å²) in [7, 11) is 0. The molecule has 2 aromatic rings. The van der Waals surface area contributed by atoms with Crippen LogP contribution in [-0.4, -0.2) is 23.7 Å². The molecule has 1 heterocycles. The van der Waals surface area contributed by atoms with Gasteiger partial charge in [0.15, 0.2) is 0 Å². The molecule has 1 unspecified atom stereocenters. The molecule has 0 saturated heterocycles. The van der Waals surface area contributed by atoms with Crippen molar-refractivity contribution in [2.75, 3.05) is 6.54 Å². The number of amides is 2. The maximum Gasteiger partial charge on any atom is 0.315 e. The Bertz CT molecular complexity index is 624. The highest BCUT2D eigenvalue weighted by atomic mass is 32.1. The Morgan fingerprint density at radius 2 is 2.10 bits per heavy atom. The van der Waals surface area contributed by atoms with Crippen molar-refractivity contribution in [3.05, 3.63) is 47.4 Å². The molecular formula is C16H18N2O2S. The van der Waals surface area contributed by atoms with Gasteiger partial charge in [-0.3, -0.25) is 0 Å². The zero-order valence-corrected chi connectivity index (χ0v) is 12.4. The SMILES string of the molecule is O=C(NCC(O)c1cc2ccccc2s1)NC1CC=CC1. The quantitative estimate of drug-likeness (QED) is 0.760. The Morgan fingerprint density at radius 1 is 1.33 bits per heavy atom. The first-order chi connectivity index (χ1) is 10.2. The number of thiophene rings is 1. The van der Waals surface area contributed by atoms with Crippen molar-refractivity contribution in [3.8, 4) is 0 Å². The summed E-state index contributed by atoms with van der Waals surface area (Å²) in [4.78, 5) is 12.6. The van der Waals surface area contributed by atoms with Crippen molar-refractivity contribution in [2.24, 2.45) is 0 Å². The first-order valence-electron chi connectivity index (χ1n) is 7.08. The van der Waals surface area contributed by atoms with Crippen molar-refractivity contribution >= 4 is 27.5 Å². The van der Waals surface area contributed by atoms with Gasteiger partial charge in [-0.1, -0.05) is 30.4 Å². The van der Waals surface area contributed by atoms with E-state index in [0.29, 0.717) is 0 Å². The van der Waals surface area contributed by atoms with Crippen LogP contribution in [0.3, 0.4) is 0 Å². The third-order valence-corrected chi connectivity index (χ3v) is 4.79. The fourth-order valence-corrected chi connectivity index (χ4v) is 3.48. The predicted octanol–water partition coefficient (Wildman–Crippen LogP) is 2.95. The number of urea groups is 1. The zero-order chi connectivity index (χ0) is 14.7. The first kappa shape index (κ1) is 14.1. The summed E-state index contributed by atoms with van der Waals surface area (Å²) in [5.41, 5.74) is 0. The van der Waals surface area contributed by atoms with Crippen LogP contribution in [0, 0.1) is 0 Å². The number of carbonyl (C=O) groups is 1. The van der Waals surface area contributed by atoms with E-state index in [2.05, 4.69) is 22.8 Å². The molecular weight excluding hydrogens is 284 g/mol. The van der Waals surface area contributed by atoms with Crippen molar-refractivity contribution < 1.29 is 9.90 Å². The van der Waals surface area contributed by atoms with E-state index in [1.165, 1.54) is 0 Å². The number of benzene rings is 1. The van der Waals surface area contributed by atoms with E-state index in [4.69, 9.17) is 0 Å². The average molecular weight is 302 g/mol. The number of aliphatic hydroxyl groups is 1. The van der Waals surface area contributed by atoms with Gasteiger partial charge in [0.05, 0.1) is 6.54 Å². The first-order valence-corrected chi connectivity index (χ1v) is 7.90. The molecule has 4 nitrogen and oxygen atoms in total. The van der Waals surface area contributed by atoms with E-state index in [-0.39, 0.29) is 18.6 Å². The van der Waals surface area contributed by atoms with Gasteiger partial charge in [0.25, 0.3) is 0 Å². The number of fused-ring (bicyclic) bond motifs is 1. The second kappa shape index (κ2) is 6.28. The van der Waals surface area contributed by atoms with E-state index in [1.54, 1.807) is 11.3 Å². The lowest BCUT2D eigenvalue weighted by Gasteiger charge is -2.14. The van der Waals surface area contributed by atoms with E-state index in [1.807, 2.05) is 30.3 Å². The molecule has 110 valence electrons. The molecule has 1 atom stereocenters. The van der Waals surface area contributed by atoms with E-state index >= 15 is 0 Å². The molecule has 3 rings (SSSR count). The van der Waals surface area contributed by atoms with Crippen LogP contribution in [0.15, 0.2) is 42.5 Å². The molecule has 0 bridgehead atoms. The number of carbonyl (C=O) groups excluding carboxylic acids is 1. The number of nitrogens with one attached hydrogen (secondary N) is 2. The average Bonchev–Trinajstić information content (AvgIpc) is 3.13. The van der Waals surface area contributed by atoms with Gasteiger partial charge in [-0.2, -0.15) is 0 Å². The Hall–Kier alpha value is -1.85. The minimum Gasteiger partial charge on any atom is -0.386 e. The van der Waals surface area contributed by atoms with Crippen LogP contribution in [0.25, 0.3) is 10.1 Å². The summed E-state index contributed by atoms with van der Waals surface area (Å²) in [5.74, 6) is 0. The molecule has 1 aromatic heterocycles. The second-order valence-electron chi connectivity index (χ2n) is 5.20. The topological polar surface area (TPSA) is 61.4 Å². The third kappa shape index (κ3) is 3.43. The summed E-state index contributed by atoms with van der Waals surface area (Å²) in [6, 6.07) is 9.96. The van der Waals surface area contributed by atoms with Crippen LogP contribution < -0.4 is 10.6 Å². The van der Waals surface area contributed by atoms with Gasteiger partial charge in [-0.15, -0.1) is 11.3 Å². The number of aliphatic hydroxyl groups excluding tert-OH is 1. The summed E-state index contributed by atoms with van der Waals surface area (Å²) in [5, 5.41) is 16.9. The summed E-state index contributed by atoms with van der Waals surface area (Å²) >= 11 is 1.56. The molecule has 0 radical (unpaired) electrons. The normalized spacial score (nSPS) is 16.2. The lowest BCUT2D eigenvalue weighted by atomic mass is 10.2. The van der Waals surface area contributed by atoms with Gasteiger partial charge in [0, 0.05) is 15.6 Å². The Kier molecular flexibility index (Phi) is 4.22. The monoisotopic (exact) mass is 302 g/mol. The standard InChI is InChI=1S/C16H18N2O2S/c19-13(10-17-16(20)18-12-6-2-3-7-12)15-9-11-5-1-4-8-14(11)21-15/h1-5,8-9,12-13,19H,6-7,10H2,(H2,17,18,20). The van der Waals surface area contributed by atoms with Gasteiger partial charge in [-0.05, 0) is 30.4 Å². The Labute approximate surface area is 127 Å². The van der Waals surface area contributed by atoms with Crippen LogP contribution >= 0.6 is 11.3 Å². The van der Waals surface area contributed by atoms with Crippen LogP contribution in [0.2, 0.25) is 0 Å². The van der Waals surface area contributed by atoms with Crippen molar-refractivity contribution in [3.63, 3.8) is 0 Å². The number of rotatable bonds is 4. The van der Waals surface area contributed by atoms with Gasteiger partial charge in [0.1, 0.15) is 6.10 Å². The smallest absolute Gasteiger partial charge is 0.315 e. The van der Waals surface area contributed by atoms with Crippen molar-refractivity contribution in [1.82, 2.24) is 10.6 Å². The molecule has 3 N–H and O–H groups in total. The lowest BCUT2D eigenvalue weighted by molar-refractivity contribution is 0.176. The maximum atomic E-state index is 11.7. The molecule has 1 aromatic carbocycles. The van der Waals surface area contributed by atoms with Crippen LogP contribution in [0.1, 0.15) is 23.8 Å². The largest absolute Gasteiger partial charge is 0.386 e. The van der Waals surface area contributed by atoms with E-state index < -0.39 is 6.10 Å². The highest BCUT2D eigenvalue weighted by Gasteiger charge is 2.15. The summed E-state index contributed by atoms with van der Waals surface area (Å²) < 4.78 is 1.15. The molecule has 0 spiro atoms. The fourth-order valence-electron chi connectivity index (χ4n) is 2.43. The third-order valence-electron chi connectivity index (χ3n) is 3.57.